The van der Waals surface area contributed by atoms with E-state index in [0.29, 0.717) is 5.58 Å². The molecule has 0 aliphatic carbocycles. The van der Waals surface area contributed by atoms with Gasteiger partial charge >= 0.3 is 5.63 Å². The predicted molar refractivity (Wildman–Crippen MR) is 65.4 cm³/mol. The summed E-state index contributed by atoms with van der Waals surface area (Å²) in [4.78, 5) is 11.3. The summed E-state index contributed by atoms with van der Waals surface area (Å²) in [6.07, 6.45) is 0.704. The summed E-state index contributed by atoms with van der Waals surface area (Å²) in [6, 6.07) is 7.02. The van der Waals surface area contributed by atoms with Gasteiger partial charge in [-0.15, -0.1) is 0 Å². The summed E-state index contributed by atoms with van der Waals surface area (Å²) in [5.74, 6) is 0.792. The summed E-state index contributed by atoms with van der Waals surface area (Å²) in [5, 5.41) is 0.925. The highest BCUT2D eigenvalue weighted by Gasteiger charge is 2.26. The maximum atomic E-state index is 11.3. The van der Waals surface area contributed by atoms with Gasteiger partial charge in [-0.25, -0.2) is 4.79 Å². The Morgan fingerprint density at radius 2 is 2.12 bits per heavy atom. The minimum Gasteiger partial charge on any atom is -0.485 e. The quantitative estimate of drug-likeness (QED) is 0.556. The number of hydrogen-bond acceptors (Lipinski definition) is 3. The highest BCUT2D eigenvalue weighted by molar-refractivity contribution is 5.82. The molecule has 1 aliphatic heterocycles. The predicted octanol–water partition coefficient (Wildman–Crippen LogP) is 2.67. The molecule has 1 aromatic carbocycles. The van der Waals surface area contributed by atoms with Crippen LogP contribution in [0.25, 0.3) is 11.0 Å². The van der Waals surface area contributed by atoms with Crippen LogP contribution in [-0.4, -0.2) is 6.10 Å². The third-order valence-corrected chi connectivity index (χ3v) is 3.06. The normalized spacial score (nSPS) is 17.8. The average molecular weight is 228 g/mol. The Hall–Kier alpha value is -2.03. The largest absolute Gasteiger partial charge is 0.485 e. The van der Waals surface area contributed by atoms with Gasteiger partial charge in [-0.05, 0) is 30.7 Å². The second kappa shape index (κ2) is 3.48. The van der Waals surface area contributed by atoms with Crippen LogP contribution in [0, 0.1) is 0 Å². The number of hydrogen-bond donors (Lipinski definition) is 0. The van der Waals surface area contributed by atoms with Crippen molar-refractivity contribution in [3.05, 3.63) is 52.4 Å². The molecule has 0 fully saturated rings. The molecule has 17 heavy (non-hydrogen) atoms. The molecule has 1 unspecified atom stereocenters. The van der Waals surface area contributed by atoms with Crippen molar-refractivity contribution in [3.63, 3.8) is 0 Å². The highest BCUT2D eigenvalue weighted by atomic mass is 16.5. The molecule has 2 aromatic rings. The molecule has 0 saturated carbocycles. The van der Waals surface area contributed by atoms with E-state index >= 15 is 0 Å². The van der Waals surface area contributed by atoms with Crippen LogP contribution in [-0.2, 0) is 6.42 Å². The van der Waals surface area contributed by atoms with Gasteiger partial charge in [0.1, 0.15) is 17.4 Å². The van der Waals surface area contributed by atoms with Crippen LogP contribution in [0.2, 0.25) is 0 Å². The second-order valence-corrected chi connectivity index (χ2v) is 4.37. The standard InChI is InChI=1S/C14H12O3/c1-8(2)12-7-10-11(16-12)5-3-9-4-6-13(15)17-14(9)10/h3-6,12H,1,7H2,2H3. The average Bonchev–Trinajstić information content (AvgIpc) is 2.73. The van der Waals surface area contributed by atoms with Crippen molar-refractivity contribution in [2.75, 3.05) is 0 Å². The van der Waals surface area contributed by atoms with Crippen molar-refractivity contribution in [1.82, 2.24) is 0 Å². The van der Waals surface area contributed by atoms with Crippen molar-refractivity contribution >= 4 is 11.0 Å². The third kappa shape index (κ3) is 1.55. The summed E-state index contributed by atoms with van der Waals surface area (Å²) in [5.41, 5.74) is 2.25. The van der Waals surface area contributed by atoms with E-state index < -0.39 is 0 Å². The summed E-state index contributed by atoms with van der Waals surface area (Å²) in [6.45, 7) is 5.84. The first-order valence-electron chi connectivity index (χ1n) is 5.53. The van der Waals surface area contributed by atoms with Crippen LogP contribution >= 0.6 is 0 Å². The Balaban J connectivity index is 2.22. The molecule has 3 nitrogen and oxygen atoms in total. The Bertz CT molecular complexity index is 667. The molecule has 86 valence electrons. The van der Waals surface area contributed by atoms with Crippen LogP contribution < -0.4 is 10.4 Å². The molecular formula is C14H12O3. The van der Waals surface area contributed by atoms with Crippen molar-refractivity contribution in [2.24, 2.45) is 0 Å². The molecule has 1 aliphatic rings. The summed E-state index contributed by atoms with van der Waals surface area (Å²) in [7, 11) is 0. The van der Waals surface area contributed by atoms with Gasteiger partial charge in [0.05, 0.1) is 0 Å². The van der Waals surface area contributed by atoms with Crippen molar-refractivity contribution in [2.45, 2.75) is 19.4 Å². The second-order valence-electron chi connectivity index (χ2n) is 4.37. The third-order valence-electron chi connectivity index (χ3n) is 3.06. The van der Waals surface area contributed by atoms with Crippen LogP contribution in [0.5, 0.6) is 5.75 Å². The zero-order valence-electron chi connectivity index (χ0n) is 9.53. The zero-order valence-corrected chi connectivity index (χ0v) is 9.53. The lowest BCUT2D eigenvalue weighted by molar-refractivity contribution is 0.271. The lowest BCUT2D eigenvalue weighted by atomic mass is 10.0. The van der Waals surface area contributed by atoms with Crippen LogP contribution in [0.15, 0.2) is 45.6 Å². The number of ether oxygens (including phenoxy) is 1. The van der Waals surface area contributed by atoms with Crippen LogP contribution in [0.1, 0.15) is 12.5 Å². The van der Waals surface area contributed by atoms with Crippen molar-refractivity contribution in [3.8, 4) is 5.75 Å². The molecule has 0 radical (unpaired) electrons. The van der Waals surface area contributed by atoms with E-state index in [9.17, 15) is 4.79 Å². The van der Waals surface area contributed by atoms with E-state index in [1.165, 1.54) is 6.07 Å². The first kappa shape index (κ1) is 10.1. The zero-order chi connectivity index (χ0) is 12.0. The van der Waals surface area contributed by atoms with E-state index in [4.69, 9.17) is 9.15 Å². The molecule has 1 aromatic heterocycles. The van der Waals surface area contributed by atoms with Gasteiger partial charge in [0.2, 0.25) is 0 Å². The molecule has 1 atom stereocenters. The Morgan fingerprint density at radius 1 is 1.35 bits per heavy atom. The van der Waals surface area contributed by atoms with E-state index in [1.807, 2.05) is 19.1 Å². The molecule has 0 spiro atoms. The molecule has 3 heteroatoms. The van der Waals surface area contributed by atoms with Crippen LogP contribution in [0.4, 0.5) is 0 Å². The SMILES string of the molecule is C=C(C)C1Cc2c(ccc3ccc(=O)oc23)O1. The van der Waals surface area contributed by atoms with E-state index in [2.05, 4.69) is 6.58 Å². The molecule has 3 rings (SSSR count). The first-order chi connectivity index (χ1) is 8.15. The Morgan fingerprint density at radius 3 is 2.88 bits per heavy atom. The lowest BCUT2D eigenvalue weighted by Gasteiger charge is -2.08. The van der Waals surface area contributed by atoms with E-state index in [1.54, 1.807) is 6.07 Å². The fraction of sp³-hybridized carbons (Fsp3) is 0.214. The Kier molecular flexibility index (Phi) is 2.08. The monoisotopic (exact) mass is 228 g/mol. The van der Waals surface area contributed by atoms with E-state index in [0.717, 1.165) is 28.7 Å². The summed E-state index contributed by atoms with van der Waals surface area (Å²) < 4.78 is 11.0. The molecule has 0 saturated heterocycles. The minimum absolute atomic E-state index is 0.0129. The smallest absolute Gasteiger partial charge is 0.336 e. The maximum Gasteiger partial charge on any atom is 0.336 e. The maximum absolute atomic E-state index is 11.3. The molecular weight excluding hydrogens is 216 g/mol. The fourth-order valence-electron chi connectivity index (χ4n) is 2.13. The lowest BCUT2D eigenvalue weighted by Crippen LogP contribution is -2.13. The van der Waals surface area contributed by atoms with Gasteiger partial charge in [-0.2, -0.15) is 0 Å². The molecule has 0 N–H and O–H groups in total. The molecule has 2 heterocycles. The van der Waals surface area contributed by atoms with Gasteiger partial charge in [0.15, 0.2) is 0 Å². The van der Waals surface area contributed by atoms with Gasteiger partial charge < -0.3 is 9.15 Å². The molecule has 0 bridgehead atoms. The minimum atomic E-state index is -0.329. The highest BCUT2D eigenvalue weighted by Crippen LogP contribution is 2.35. The Labute approximate surface area is 98.3 Å². The van der Waals surface area contributed by atoms with Crippen LogP contribution in [0.3, 0.4) is 0 Å². The number of benzene rings is 1. The van der Waals surface area contributed by atoms with Gasteiger partial charge in [0, 0.05) is 23.4 Å². The summed E-state index contributed by atoms with van der Waals surface area (Å²) >= 11 is 0. The topological polar surface area (TPSA) is 39.4 Å². The first-order valence-corrected chi connectivity index (χ1v) is 5.53. The van der Waals surface area contributed by atoms with E-state index in [-0.39, 0.29) is 11.7 Å². The van der Waals surface area contributed by atoms with Crippen molar-refractivity contribution in [1.29, 1.82) is 0 Å². The van der Waals surface area contributed by atoms with Gasteiger partial charge in [-0.1, -0.05) is 6.58 Å². The fourth-order valence-corrected chi connectivity index (χ4v) is 2.13. The van der Waals surface area contributed by atoms with Crippen molar-refractivity contribution < 1.29 is 9.15 Å². The van der Waals surface area contributed by atoms with Gasteiger partial charge in [0.25, 0.3) is 0 Å². The number of rotatable bonds is 1. The number of fused-ring (bicyclic) bond motifs is 3. The molecule has 0 amide bonds. The van der Waals surface area contributed by atoms with Gasteiger partial charge in [-0.3, -0.25) is 0 Å².